The van der Waals surface area contributed by atoms with E-state index < -0.39 is 11.6 Å². The second-order valence-electron chi connectivity index (χ2n) is 7.06. The Morgan fingerprint density at radius 3 is 2.46 bits per heavy atom. The molecule has 2 aliphatic carbocycles. The maximum Gasteiger partial charge on any atom is 0.202 e. The molecule has 0 saturated carbocycles. The van der Waals surface area contributed by atoms with E-state index in [1.807, 2.05) is 0 Å². The van der Waals surface area contributed by atoms with Crippen LogP contribution in [0.3, 0.4) is 0 Å². The monoisotopic (exact) mass is 381 g/mol. The normalized spacial score (nSPS) is 17.6. The Morgan fingerprint density at radius 2 is 1.79 bits per heavy atom. The van der Waals surface area contributed by atoms with Gasteiger partial charge in [0.15, 0.2) is 5.78 Å². The summed E-state index contributed by atoms with van der Waals surface area (Å²) in [5.74, 6) is -2.08. The van der Waals surface area contributed by atoms with Crippen molar-refractivity contribution in [2.45, 2.75) is 19.3 Å². The average molecular weight is 381 g/mol. The Hall–Kier alpha value is -3.19. The molecule has 0 aliphatic heterocycles. The number of benzene rings is 2. The van der Waals surface area contributed by atoms with Crippen LogP contribution in [0, 0.1) is 5.92 Å². The number of hydrogen-bond donors (Lipinski definition) is 3. The third-order valence-corrected chi connectivity index (χ3v) is 5.68. The van der Waals surface area contributed by atoms with Crippen LogP contribution < -0.4 is 10.5 Å². The molecule has 4 rings (SSSR count). The fourth-order valence-corrected chi connectivity index (χ4v) is 4.25. The van der Waals surface area contributed by atoms with Crippen molar-refractivity contribution in [1.82, 2.24) is 0 Å². The molecule has 0 aromatic heterocycles. The highest BCUT2D eigenvalue weighted by Crippen LogP contribution is 2.47. The molecule has 2 aromatic rings. The van der Waals surface area contributed by atoms with Crippen molar-refractivity contribution in [1.29, 1.82) is 0 Å². The Balaban J connectivity index is 1.95. The molecule has 1 atom stereocenters. The molecule has 0 bridgehead atoms. The number of hydrogen-bond acceptors (Lipinski definition) is 7. The highest BCUT2D eigenvalue weighted by molar-refractivity contribution is 6.31. The third kappa shape index (κ3) is 2.36. The van der Waals surface area contributed by atoms with Crippen molar-refractivity contribution >= 4 is 17.3 Å². The highest BCUT2D eigenvalue weighted by Gasteiger charge is 2.40. The maximum absolute atomic E-state index is 13.1. The lowest BCUT2D eigenvalue weighted by Gasteiger charge is -2.29. The summed E-state index contributed by atoms with van der Waals surface area (Å²) in [5, 5.41) is 21.7. The van der Waals surface area contributed by atoms with E-state index in [0.29, 0.717) is 24.0 Å². The minimum Gasteiger partial charge on any atom is -0.507 e. The smallest absolute Gasteiger partial charge is 0.202 e. The predicted molar refractivity (Wildman–Crippen MR) is 99.2 cm³/mol. The van der Waals surface area contributed by atoms with Crippen LogP contribution >= 0.6 is 0 Å². The number of ketones is 3. The molecule has 0 amide bonds. The Morgan fingerprint density at radius 1 is 1.11 bits per heavy atom. The molecule has 2 aliphatic rings. The van der Waals surface area contributed by atoms with Crippen LogP contribution in [0.1, 0.15) is 49.4 Å². The van der Waals surface area contributed by atoms with E-state index in [4.69, 9.17) is 10.5 Å². The van der Waals surface area contributed by atoms with Crippen LogP contribution in [-0.2, 0) is 17.6 Å². The number of nitrogens with two attached hydrogens (primary N) is 1. The Bertz CT molecular complexity index is 1060. The van der Waals surface area contributed by atoms with Gasteiger partial charge in [0.25, 0.3) is 0 Å². The van der Waals surface area contributed by atoms with Crippen LogP contribution in [0.2, 0.25) is 0 Å². The molecule has 7 nitrogen and oxygen atoms in total. The van der Waals surface area contributed by atoms with E-state index in [0.717, 1.165) is 0 Å². The van der Waals surface area contributed by atoms with Crippen molar-refractivity contribution in [3.05, 3.63) is 51.6 Å². The molecular weight excluding hydrogens is 362 g/mol. The molecule has 4 N–H and O–H groups in total. The van der Waals surface area contributed by atoms with Crippen molar-refractivity contribution in [3.63, 3.8) is 0 Å². The van der Waals surface area contributed by atoms with Gasteiger partial charge in [0, 0.05) is 22.6 Å². The van der Waals surface area contributed by atoms with Gasteiger partial charge in [0.2, 0.25) is 5.78 Å². The van der Waals surface area contributed by atoms with E-state index >= 15 is 0 Å². The average Bonchev–Trinajstić information content (AvgIpc) is 2.72. The lowest BCUT2D eigenvalue weighted by molar-refractivity contribution is -0.121. The van der Waals surface area contributed by atoms with E-state index in [2.05, 4.69) is 0 Å². The van der Waals surface area contributed by atoms with Gasteiger partial charge in [-0.3, -0.25) is 14.4 Å². The summed E-state index contributed by atoms with van der Waals surface area (Å²) < 4.78 is 5.22. The molecule has 0 fully saturated rings. The van der Waals surface area contributed by atoms with E-state index in [9.17, 15) is 24.6 Å². The van der Waals surface area contributed by atoms with E-state index in [1.54, 1.807) is 12.1 Å². The summed E-state index contributed by atoms with van der Waals surface area (Å²) in [6, 6.07) is 4.63. The molecule has 7 heteroatoms. The minimum atomic E-state index is -0.571. The van der Waals surface area contributed by atoms with Crippen molar-refractivity contribution in [2.24, 2.45) is 11.7 Å². The van der Waals surface area contributed by atoms with Gasteiger partial charge in [-0.25, -0.2) is 0 Å². The zero-order chi connectivity index (χ0) is 20.2. The highest BCUT2D eigenvalue weighted by atomic mass is 16.5. The summed E-state index contributed by atoms with van der Waals surface area (Å²) in [6.45, 7) is -0.109. The Labute approximate surface area is 160 Å². The van der Waals surface area contributed by atoms with Gasteiger partial charge in [0.1, 0.15) is 23.0 Å². The summed E-state index contributed by atoms with van der Waals surface area (Å²) >= 11 is 0. The predicted octanol–water partition coefficient (Wildman–Crippen LogP) is 1.51. The van der Waals surface area contributed by atoms with Gasteiger partial charge < -0.3 is 20.7 Å². The quantitative estimate of drug-likeness (QED) is 0.587. The number of fused-ring (bicyclic) bond motifs is 3. The second-order valence-corrected chi connectivity index (χ2v) is 7.06. The summed E-state index contributed by atoms with van der Waals surface area (Å²) in [5.41, 5.74) is 5.94. The fraction of sp³-hybridized carbons (Fsp3) is 0.286. The van der Waals surface area contributed by atoms with Crippen molar-refractivity contribution < 1.29 is 29.3 Å². The Kier molecular flexibility index (Phi) is 4.19. The second kappa shape index (κ2) is 6.45. The first-order chi connectivity index (χ1) is 13.4. The molecule has 144 valence electrons. The van der Waals surface area contributed by atoms with Crippen LogP contribution in [0.4, 0.5) is 0 Å². The minimum absolute atomic E-state index is 0.0733. The van der Waals surface area contributed by atoms with Crippen LogP contribution in [0.5, 0.6) is 17.2 Å². The first-order valence-corrected chi connectivity index (χ1v) is 8.99. The first-order valence-electron chi connectivity index (χ1n) is 8.99. The molecule has 0 saturated heterocycles. The number of ether oxygens (including phenoxy) is 1. The van der Waals surface area contributed by atoms with Crippen LogP contribution in [0.25, 0.3) is 0 Å². The topological polar surface area (TPSA) is 127 Å². The van der Waals surface area contributed by atoms with Gasteiger partial charge in [-0.2, -0.15) is 0 Å². The van der Waals surface area contributed by atoms with Gasteiger partial charge in [-0.15, -0.1) is 0 Å². The van der Waals surface area contributed by atoms with Gasteiger partial charge in [0.05, 0.1) is 30.3 Å². The zero-order valence-electron chi connectivity index (χ0n) is 15.2. The molecule has 0 spiro atoms. The van der Waals surface area contributed by atoms with Crippen LogP contribution in [-0.4, -0.2) is 41.2 Å². The third-order valence-electron chi connectivity index (χ3n) is 5.68. The number of carbonyl (C=O) groups excluding carboxylic acids is 3. The summed E-state index contributed by atoms with van der Waals surface area (Å²) in [6.07, 6.45) is 0.931. The lowest BCUT2D eigenvalue weighted by atomic mass is 9.75. The number of phenols is 2. The number of rotatable bonds is 3. The maximum atomic E-state index is 13.1. The van der Waals surface area contributed by atoms with E-state index in [-0.39, 0.29) is 64.2 Å². The van der Waals surface area contributed by atoms with Gasteiger partial charge in [-0.1, -0.05) is 12.1 Å². The fourth-order valence-electron chi connectivity index (χ4n) is 4.25. The van der Waals surface area contributed by atoms with Crippen molar-refractivity contribution in [3.8, 4) is 17.2 Å². The largest absolute Gasteiger partial charge is 0.507 e. The number of carbonyl (C=O) groups is 3. The van der Waals surface area contributed by atoms with Gasteiger partial charge >= 0.3 is 0 Å². The SMILES string of the molecule is COc1cccc2c1C(=O)c1c(O)c3c(c(O)c1C2=O)CC(C(=O)CN)CC3. The van der Waals surface area contributed by atoms with E-state index in [1.165, 1.54) is 13.2 Å². The van der Waals surface area contributed by atoms with Crippen LogP contribution in [0.15, 0.2) is 18.2 Å². The number of aromatic hydroxyl groups is 2. The molecule has 28 heavy (non-hydrogen) atoms. The molecule has 2 aromatic carbocycles. The standard InChI is InChI=1S/C21H19NO6/c1-28-14-4-2-3-11-15(14)21(27)17-16(19(11)25)20(26)12-7-9(13(23)8-22)5-6-10(12)18(17)24/h2-4,9,24,26H,5-8,22H2,1H3. The lowest BCUT2D eigenvalue weighted by Crippen LogP contribution is -2.30. The molecular formula is C21H19NO6. The summed E-state index contributed by atoms with van der Waals surface area (Å²) in [7, 11) is 1.39. The van der Waals surface area contributed by atoms with Crippen molar-refractivity contribution in [2.75, 3.05) is 13.7 Å². The molecule has 0 heterocycles. The zero-order valence-corrected chi connectivity index (χ0v) is 15.2. The summed E-state index contributed by atoms with van der Waals surface area (Å²) in [4.78, 5) is 38.2. The molecule has 0 radical (unpaired) electrons. The number of Topliss-reactive ketones (excluding diaryl/α,β-unsaturated/α-hetero) is 1. The van der Waals surface area contributed by atoms with Gasteiger partial charge in [-0.05, 0) is 25.3 Å². The number of phenolic OH excluding ortho intramolecular Hbond substituents is 2. The number of methoxy groups -OCH3 is 1. The molecule has 1 unspecified atom stereocenters. The first kappa shape index (κ1) is 18.2.